The molecule has 2 aliphatic heterocycles. The lowest BCUT2D eigenvalue weighted by molar-refractivity contribution is -0.119. The highest BCUT2D eigenvalue weighted by atomic mass is 16.5. The van der Waals surface area contributed by atoms with Crippen LogP contribution in [-0.4, -0.2) is 60.5 Å². The number of amides is 1. The normalized spacial score (nSPS) is 17.1. The number of piperidine rings is 1. The Labute approximate surface area is 191 Å². The largest absolute Gasteiger partial charge is 0.490 e. The van der Waals surface area contributed by atoms with Crippen LogP contribution in [0.25, 0.3) is 22.0 Å². The van der Waals surface area contributed by atoms with Crippen molar-refractivity contribution in [1.82, 2.24) is 14.8 Å². The van der Waals surface area contributed by atoms with Gasteiger partial charge in [-0.05, 0) is 74.8 Å². The maximum absolute atomic E-state index is 10.8. The van der Waals surface area contributed by atoms with Gasteiger partial charge in [-0.3, -0.25) is 9.78 Å². The van der Waals surface area contributed by atoms with Gasteiger partial charge in [-0.15, -0.1) is 0 Å². The molecular weight excluding hydrogens is 398 g/mol. The number of carbonyl (C=O) groups excluding carboxylic acids is 1. The molecule has 5 heteroatoms. The van der Waals surface area contributed by atoms with Crippen LogP contribution in [0.1, 0.15) is 31.2 Å². The summed E-state index contributed by atoms with van der Waals surface area (Å²) in [5.41, 5.74) is 4.60. The molecule has 0 atom stereocenters. The number of aromatic nitrogens is 1. The van der Waals surface area contributed by atoms with Crippen molar-refractivity contribution in [2.45, 2.75) is 38.7 Å². The Balaban J connectivity index is 0.000000354. The lowest BCUT2D eigenvalue weighted by atomic mass is 9.98. The maximum atomic E-state index is 10.8. The first kappa shape index (κ1) is 22.3. The van der Waals surface area contributed by atoms with Gasteiger partial charge >= 0.3 is 0 Å². The van der Waals surface area contributed by atoms with E-state index >= 15 is 0 Å². The summed E-state index contributed by atoms with van der Waals surface area (Å²) in [6, 6.07) is 16.6. The van der Waals surface area contributed by atoms with Crippen molar-refractivity contribution in [2.75, 3.05) is 33.2 Å². The highest BCUT2D eigenvalue weighted by Gasteiger charge is 2.19. The SMILES string of the molecule is CN1CCCC1.Cc1c(-c2ccc(OC3CCN(C=O)CC3)cc2)ccc2cccnc12. The predicted octanol–water partition coefficient (Wildman–Crippen LogP) is 4.92. The second kappa shape index (κ2) is 10.6. The number of likely N-dealkylation sites (tertiary alicyclic amines) is 2. The molecule has 168 valence electrons. The number of rotatable bonds is 4. The number of nitrogens with zero attached hydrogens (tertiary/aromatic N) is 3. The molecule has 5 rings (SSSR count). The van der Waals surface area contributed by atoms with Crippen molar-refractivity contribution in [3.8, 4) is 16.9 Å². The summed E-state index contributed by atoms with van der Waals surface area (Å²) in [5.74, 6) is 0.884. The molecule has 0 spiro atoms. The first-order valence-corrected chi connectivity index (χ1v) is 11.6. The van der Waals surface area contributed by atoms with Gasteiger partial charge in [0.1, 0.15) is 11.9 Å². The minimum Gasteiger partial charge on any atom is -0.490 e. The molecule has 3 heterocycles. The molecule has 0 radical (unpaired) electrons. The van der Waals surface area contributed by atoms with Crippen molar-refractivity contribution in [3.63, 3.8) is 0 Å². The number of aryl methyl sites for hydroxylation is 1. The maximum Gasteiger partial charge on any atom is 0.209 e. The van der Waals surface area contributed by atoms with Gasteiger partial charge in [0.05, 0.1) is 5.52 Å². The summed E-state index contributed by atoms with van der Waals surface area (Å²) < 4.78 is 6.08. The van der Waals surface area contributed by atoms with Gasteiger partial charge < -0.3 is 14.5 Å². The Morgan fingerprint density at radius 1 is 0.969 bits per heavy atom. The van der Waals surface area contributed by atoms with Crippen LogP contribution >= 0.6 is 0 Å². The average Bonchev–Trinajstić information content (AvgIpc) is 3.32. The van der Waals surface area contributed by atoms with Crippen LogP contribution in [0.15, 0.2) is 54.7 Å². The summed E-state index contributed by atoms with van der Waals surface area (Å²) >= 11 is 0. The molecule has 1 amide bonds. The molecule has 0 saturated carbocycles. The van der Waals surface area contributed by atoms with E-state index in [9.17, 15) is 4.79 Å². The van der Waals surface area contributed by atoms with Gasteiger partial charge in [0.2, 0.25) is 6.41 Å². The Kier molecular flexibility index (Phi) is 7.38. The van der Waals surface area contributed by atoms with Crippen molar-refractivity contribution >= 4 is 17.3 Å². The third-order valence-corrected chi connectivity index (χ3v) is 6.45. The third-order valence-electron chi connectivity index (χ3n) is 6.45. The minimum absolute atomic E-state index is 0.184. The summed E-state index contributed by atoms with van der Waals surface area (Å²) in [6.07, 6.45) is 7.54. The van der Waals surface area contributed by atoms with E-state index in [2.05, 4.69) is 54.2 Å². The lowest BCUT2D eigenvalue weighted by Crippen LogP contribution is -2.37. The zero-order valence-corrected chi connectivity index (χ0v) is 19.2. The summed E-state index contributed by atoms with van der Waals surface area (Å²) in [4.78, 5) is 19.5. The lowest BCUT2D eigenvalue weighted by Gasteiger charge is -2.29. The Morgan fingerprint density at radius 3 is 2.31 bits per heavy atom. The second-order valence-electron chi connectivity index (χ2n) is 8.81. The molecule has 2 aliphatic rings. The minimum atomic E-state index is 0.184. The third kappa shape index (κ3) is 5.46. The Morgan fingerprint density at radius 2 is 1.69 bits per heavy atom. The van der Waals surface area contributed by atoms with Gasteiger partial charge in [0.15, 0.2) is 0 Å². The smallest absolute Gasteiger partial charge is 0.209 e. The van der Waals surface area contributed by atoms with Crippen molar-refractivity contribution in [1.29, 1.82) is 0 Å². The highest BCUT2D eigenvalue weighted by Crippen LogP contribution is 2.30. The van der Waals surface area contributed by atoms with Crippen molar-refractivity contribution in [3.05, 3.63) is 60.3 Å². The quantitative estimate of drug-likeness (QED) is 0.550. The molecule has 0 N–H and O–H groups in total. The second-order valence-corrected chi connectivity index (χ2v) is 8.81. The van der Waals surface area contributed by atoms with Crippen LogP contribution in [0.2, 0.25) is 0 Å². The number of hydrogen-bond donors (Lipinski definition) is 0. The number of benzene rings is 2. The van der Waals surface area contributed by atoms with Gasteiger partial charge in [-0.25, -0.2) is 0 Å². The van der Waals surface area contributed by atoms with E-state index in [-0.39, 0.29) is 6.10 Å². The predicted molar refractivity (Wildman–Crippen MR) is 130 cm³/mol. The number of pyridine rings is 1. The van der Waals surface area contributed by atoms with Crippen LogP contribution in [0, 0.1) is 6.92 Å². The number of ether oxygens (including phenoxy) is 1. The molecular formula is C27H33N3O2. The summed E-state index contributed by atoms with van der Waals surface area (Å²) in [5, 5.41) is 1.16. The molecule has 0 bridgehead atoms. The Hall–Kier alpha value is -2.92. The zero-order valence-electron chi connectivity index (χ0n) is 19.2. The molecule has 2 saturated heterocycles. The van der Waals surface area contributed by atoms with Gasteiger partial charge in [-0.1, -0.05) is 30.3 Å². The van der Waals surface area contributed by atoms with Crippen LogP contribution < -0.4 is 4.74 Å². The molecule has 5 nitrogen and oxygen atoms in total. The Bertz CT molecular complexity index is 1020. The van der Waals surface area contributed by atoms with E-state index in [0.717, 1.165) is 54.6 Å². The van der Waals surface area contributed by atoms with Crippen molar-refractivity contribution in [2.24, 2.45) is 0 Å². The van der Waals surface area contributed by atoms with Gasteiger partial charge in [-0.2, -0.15) is 0 Å². The zero-order chi connectivity index (χ0) is 22.3. The average molecular weight is 432 g/mol. The first-order chi connectivity index (χ1) is 15.6. The molecule has 32 heavy (non-hydrogen) atoms. The molecule has 2 fully saturated rings. The van der Waals surface area contributed by atoms with Crippen LogP contribution in [0.5, 0.6) is 5.75 Å². The molecule has 0 unspecified atom stereocenters. The monoisotopic (exact) mass is 431 g/mol. The van der Waals surface area contributed by atoms with E-state index < -0.39 is 0 Å². The fourth-order valence-electron chi connectivity index (χ4n) is 4.48. The van der Waals surface area contributed by atoms with Gasteiger partial charge in [0.25, 0.3) is 0 Å². The highest BCUT2D eigenvalue weighted by molar-refractivity contribution is 5.88. The number of carbonyl (C=O) groups is 1. The fraction of sp³-hybridized carbons (Fsp3) is 0.407. The molecule has 0 aliphatic carbocycles. The summed E-state index contributed by atoms with van der Waals surface area (Å²) in [7, 11) is 2.17. The molecule has 3 aromatic rings. The number of hydrogen-bond acceptors (Lipinski definition) is 4. The summed E-state index contributed by atoms with van der Waals surface area (Å²) in [6.45, 7) is 6.31. The number of fused-ring (bicyclic) bond motifs is 1. The van der Waals surface area contributed by atoms with Crippen molar-refractivity contribution < 1.29 is 9.53 Å². The fourth-order valence-corrected chi connectivity index (χ4v) is 4.48. The standard InChI is InChI=1S/C22H22N2O2.C5H11N/c1-16-21(9-6-18-3-2-12-23-22(16)18)17-4-7-19(8-5-17)26-20-10-13-24(15-25)14-11-20;1-6-4-2-3-5-6/h2-9,12,15,20H,10-11,13-14H2,1H3;2-5H2,1H3. The van der Waals surface area contributed by atoms with E-state index in [1.54, 1.807) is 4.90 Å². The van der Waals surface area contributed by atoms with Gasteiger partial charge in [0, 0.05) is 37.5 Å². The van der Waals surface area contributed by atoms with Crippen LogP contribution in [-0.2, 0) is 4.79 Å². The van der Waals surface area contributed by atoms with E-state index in [1.165, 1.54) is 37.1 Å². The van der Waals surface area contributed by atoms with E-state index in [4.69, 9.17) is 4.74 Å². The van der Waals surface area contributed by atoms with Crippen LogP contribution in [0.3, 0.4) is 0 Å². The van der Waals surface area contributed by atoms with E-state index in [0.29, 0.717) is 0 Å². The van der Waals surface area contributed by atoms with E-state index in [1.807, 2.05) is 24.4 Å². The molecule has 1 aromatic heterocycles. The first-order valence-electron chi connectivity index (χ1n) is 11.6. The topological polar surface area (TPSA) is 45.7 Å². The molecule has 2 aromatic carbocycles. The van der Waals surface area contributed by atoms with Crippen LogP contribution in [0.4, 0.5) is 0 Å².